The molecule has 0 aliphatic carbocycles. The molecule has 1 aliphatic heterocycles. The number of hydrogen-bond donors (Lipinski definition) is 1. The Bertz CT molecular complexity index is 853. The van der Waals surface area contributed by atoms with E-state index in [1.165, 1.54) is 24.3 Å². The molecule has 1 aliphatic rings. The third-order valence-corrected chi connectivity index (χ3v) is 4.63. The molecule has 0 saturated carbocycles. The van der Waals surface area contributed by atoms with E-state index in [1.807, 2.05) is 4.90 Å². The summed E-state index contributed by atoms with van der Waals surface area (Å²) in [6.45, 7) is 2.43. The topological polar surface area (TPSA) is 33.7 Å². The van der Waals surface area contributed by atoms with Crippen LogP contribution < -0.4 is 14.8 Å². The number of hydrogen-bond acceptors (Lipinski definition) is 4. The van der Waals surface area contributed by atoms with Crippen molar-refractivity contribution in [3.63, 3.8) is 0 Å². The van der Waals surface area contributed by atoms with E-state index in [0.717, 1.165) is 18.2 Å². The molecule has 0 unspecified atom stereocenters. The summed E-state index contributed by atoms with van der Waals surface area (Å²) in [7, 11) is 0. The molecule has 0 aromatic heterocycles. The average Bonchev–Trinajstić information content (AvgIpc) is 2.69. The highest BCUT2D eigenvalue weighted by Crippen LogP contribution is 2.34. The molecule has 1 fully saturated rings. The summed E-state index contributed by atoms with van der Waals surface area (Å²) in [4.78, 5) is 2.00. The minimum Gasteiger partial charge on any atom is -0.428 e. The molecule has 0 bridgehead atoms. The van der Waals surface area contributed by atoms with Gasteiger partial charge in [0.15, 0.2) is 0 Å². The molecule has 3 rings (SSSR count). The van der Waals surface area contributed by atoms with Crippen LogP contribution in [0.15, 0.2) is 48.5 Å². The first-order valence-electron chi connectivity index (χ1n) is 9.30. The predicted octanol–water partition coefficient (Wildman–Crippen LogP) is 4.82. The number of nitrogens with zero attached hydrogens (tertiary/aromatic N) is 1. The predicted molar refractivity (Wildman–Crippen MR) is 97.4 cm³/mol. The van der Waals surface area contributed by atoms with Crippen LogP contribution in [-0.2, 0) is 0 Å². The molecule has 2 aromatic carbocycles. The maximum atomic E-state index is 13.3. The van der Waals surface area contributed by atoms with E-state index in [1.54, 1.807) is 6.07 Å². The van der Waals surface area contributed by atoms with E-state index < -0.39 is 36.4 Å². The van der Waals surface area contributed by atoms with Gasteiger partial charge in [-0.2, -0.15) is 17.6 Å². The highest BCUT2D eigenvalue weighted by molar-refractivity contribution is 5.39. The van der Waals surface area contributed by atoms with Gasteiger partial charge in [-0.25, -0.2) is 0 Å². The van der Waals surface area contributed by atoms with Gasteiger partial charge in [-0.1, -0.05) is 24.3 Å². The standard InChI is InChI=1S/C20H19F7N2O2/c21-18(22)19(23,24)30-16-3-1-2-14(12-16)17(29-10-8-28-9-11-29)13-4-6-15(7-5-13)31-20(25,26)27/h1-7,12,17-18,28H,8-11H2/t17-/m1/s1. The SMILES string of the molecule is FC(F)C(F)(F)Oc1cccc([C@@H](c2ccc(OC(F)(F)F)cc2)N2CCNCC2)c1. The molecule has 2 aromatic rings. The maximum Gasteiger partial charge on any atom is 0.573 e. The molecule has 31 heavy (non-hydrogen) atoms. The van der Waals surface area contributed by atoms with Gasteiger partial charge >= 0.3 is 18.9 Å². The number of piperazine rings is 1. The highest BCUT2D eigenvalue weighted by atomic mass is 19.4. The van der Waals surface area contributed by atoms with Crippen LogP contribution >= 0.6 is 0 Å². The molecule has 170 valence electrons. The Hall–Kier alpha value is -2.53. The lowest BCUT2D eigenvalue weighted by molar-refractivity contribution is -0.274. The molecule has 0 amide bonds. The third kappa shape index (κ3) is 6.23. The second-order valence-electron chi connectivity index (χ2n) is 6.84. The lowest BCUT2D eigenvalue weighted by atomic mass is 9.96. The van der Waals surface area contributed by atoms with E-state index in [-0.39, 0.29) is 0 Å². The van der Waals surface area contributed by atoms with Gasteiger partial charge in [-0.05, 0) is 35.4 Å². The van der Waals surface area contributed by atoms with Crippen LogP contribution in [0.2, 0.25) is 0 Å². The van der Waals surface area contributed by atoms with E-state index in [4.69, 9.17) is 0 Å². The van der Waals surface area contributed by atoms with Gasteiger partial charge in [0.2, 0.25) is 0 Å². The van der Waals surface area contributed by atoms with Crippen molar-refractivity contribution in [1.29, 1.82) is 0 Å². The fourth-order valence-electron chi connectivity index (χ4n) is 3.36. The van der Waals surface area contributed by atoms with Crippen LogP contribution in [0.4, 0.5) is 30.7 Å². The van der Waals surface area contributed by atoms with Gasteiger partial charge in [0.25, 0.3) is 0 Å². The van der Waals surface area contributed by atoms with Gasteiger partial charge in [0.1, 0.15) is 11.5 Å². The first-order valence-corrected chi connectivity index (χ1v) is 9.30. The Labute approximate surface area is 173 Å². The Morgan fingerprint density at radius 1 is 0.806 bits per heavy atom. The van der Waals surface area contributed by atoms with E-state index in [9.17, 15) is 30.7 Å². The first-order chi connectivity index (χ1) is 14.5. The summed E-state index contributed by atoms with van der Waals surface area (Å²) < 4.78 is 97.0. The Kier molecular flexibility index (Phi) is 6.95. The number of rotatable bonds is 7. The first kappa shape index (κ1) is 23.1. The van der Waals surface area contributed by atoms with Crippen molar-refractivity contribution in [2.75, 3.05) is 26.2 Å². The molecule has 1 heterocycles. The van der Waals surface area contributed by atoms with Crippen molar-refractivity contribution in [2.24, 2.45) is 0 Å². The normalized spacial score (nSPS) is 16.9. The summed E-state index contributed by atoms with van der Waals surface area (Å²) in [5.74, 6) is -0.844. The Balaban J connectivity index is 1.92. The monoisotopic (exact) mass is 452 g/mol. The van der Waals surface area contributed by atoms with Gasteiger partial charge in [-0.15, -0.1) is 13.2 Å². The molecular weight excluding hydrogens is 433 g/mol. The Morgan fingerprint density at radius 2 is 1.45 bits per heavy atom. The second kappa shape index (κ2) is 9.31. The second-order valence-corrected chi connectivity index (χ2v) is 6.84. The average molecular weight is 452 g/mol. The minimum absolute atomic E-state index is 0.399. The molecule has 1 atom stereocenters. The van der Waals surface area contributed by atoms with Crippen LogP contribution in [-0.4, -0.2) is 50.0 Å². The highest BCUT2D eigenvalue weighted by Gasteiger charge is 2.44. The van der Waals surface area contributed by atoms with Crippen molar-refractivity contribution >= 4 is 0 Å². The van der Waals surface area contributed by atoms with Crippen LogP contribution in [0.3, 0.4) is 0 Å². The third-order valence-electron chi connectivity index (χ3n) is 4.63. The largest absolute Gasteiger partial charge is 0.573 e. The zero-order chi connectivity index (χ0) is 22.6. The fraction of sp³-hybridized carbons (Fsp3) is 0.400. The zero-order valence-electron chi connectivity index (χ0n) is 16.0. The van der Waals surface area contributed by atoms with Crippen LogP contribution in [0.5, 0.6) is 11.5 Å². The van der Waals surface area contributed by atoms with Crippen LogP contribution in [0.25, 0.3) is 0 Å². The van der Waals surface area contributed by atoms with Crippen molar-refractivity contribution in [3.8, 4) is 11.5 Å². The van der Waals surface area contributed by atoms with Crippen molar-refractivity contribution in [1.82, 2.24) is 10.2 Å². The number of alkyl halides is 7. The number of ether oxygens (including phenoxy) is 2. The number of benzene rings is 2. The van der Waals surface area contributed by atoms with Crippen molar-refractivity contribution in [2.45, 2.75) is 24.9 Å². The van der Waals surface area contributed by atoms with E-state index in [2.05, 4.69) is 14.8 Å². The van der Waals surface area contributed by atoms with E-state index in [0.29, 0.717) is 37.3 Å². The summed E-state index contributed by atoms with van der Waals surface area (Å²) >= 11 is 0. The lowest BCUT2D eigenvalue weighted by Crippen LogP contribution is -2.45. The minimum atomic E-state index is -4.83. The quantitative estimate of drug-likeness (QED) is 0.611. The number of nitrogens with one attached hydrogen (secondary N) is 1. The molecule has 4 nitrogen and oxygen atoms in total. The fourth-order valence-corrected chi connectivity index (χ4v) is 3.36. The number of halogens is 7. The summed E-state index contributed by atoms with van der Waals surface area (Å²) in [5, 5.41) is 3.17. The van der Waals surface area contributed by atoms with Gasteiger partial charge in [0.05, 0.1) is 6.04 Å². The lowest BCUT2D eigenvalue weighted by Gasteiger charge is -2.35. The van der Waals surface area contributed by atoms with Crippen LogP contribution in [0, 0.1) is 0 Å². The zero-order valence-corrected chi connectivity index (χ0v) is 16.0. The van der Waals surface area contributed by atoms with Crippen molar-refractivity contribution < 1.29 is 40.2 Å². The summed E-state index contributed by atoms with van der Waals surface area (Å²) in [6.07, 6.45) is -13.5. The van der Waals surface area contributed by atoms with E-state index >= 15 is 0 Å². The van der Waals surface area contributed by atoms with Gasteiger partial charge in [0, 0.05) is 26.2 Å². The smallest absolute Gasteiger partial charge is 0.428 e. The van der Waals surface area contributed by atoms with Crippen molar-refractivity contribution in [3.05, 3.63) is 59.7 Å². The maximum absolute atomic E-state index is 13.3. The molecule has 1 saturated heterocycles. The van der Waals surface area contributed by atoms with Gasteiger partial charge < -0.3 is 14.8 Å². The van der Waals surface area contributed by atoms with Crippen LogP contribution in [0.1, 0.15) is 17.2 Å². The molecule has 11 heteroatoms. The molecule has 0 spiro atoms. The Morgan fingerprint density at radius 3 is 2.03 bits per heavy atom. The summed E-state index contributed by atoms with van der Waals surface area (Å²) in [5.41, 5.74) is 1.04. The molecule has 1 N–H and O–H groups in total. The molecular formula is C20H19F7N2O2. The van der Waals surface area contributed by atoms with Gasteiger partial charge in [-0.3, -0.25) is 4.90 Å². The molecule has 0 radical (unpaired) electrons. The summed E-state index contributed by atoms with van der Waals surface area (Å²) in [6, 6.07) is 10.0.